The molecule has 0 unspecified atom stereocenters. The Morgan fingerprint density at radius 1 is 0.867 bits per heavy atom. The maximum absolute atomic E-state index is 14.3. The SMILES string of the molecule is C=CC(=O)OCCC(F)(F)C(F)(F)C(F)(F)C(F)(F)CCOc1ccc2cc(-c3ccc(CCCCC)cc3C)c(=O)oc2c1. The molecule has 0 aliphatic heterocycles. The Hall–Kier alpha value is -3.90. The van der Waals surface area contributed by atoms with Gasteiger partial charge < -0.3 is 13.9 Å². The molecule has 0 amide bonds. The number of esters is 1. The second kappa shape index (κ2) is 14.0. The highest BCUT2D eigenvalue weighted by atomic mass is 19.4. The van der Waals surface area contributed by atoms with Gasteiger partial charge in [0.05, 0.1) is 31.6 Å². The van der Waals surface area contributed by atoms with Gasteiger partial charge in [0, 0.05) is 17.5 Å². The minimum atomic E-state index is -6.51. The van der Waals surface area contributed by atoms with Gasteiger partial charge in [-0.2, -0.15) is 35.1 Å². The summed E-state index contributed by atoms with van der Waals surface area (Å²) in [5, 5.41) is 0.417. The number of ether oxygens (including phenoxy) is 2. The van der Waals surface area contributed by atoms with Crippen molar-refractivity contribution >= 4 is 16.9 Å². The number of alkyl halides is 8. The molecule has 0 aliphatic rings. The van der Waals surface area contributed by atoms with E-state index in [1.165, 1.54) is 12.1 Å². The average molecular weight is 649 g/mol. The molecular weight excluding hydrogens is 616 g/mol. The third-order valence-electron chi connectivity index (χ3n) is 7.18. The standard InChI is InChI=1S/C32H32F8O5/c1-4-6-7-8-21-9-12-24(20(3)17-21)25-18-22-10-11-23(19-26(22)45-28(25)42)43-15-13-29(33,34)31(37,38)32(39,40)30(35,36)14-16-44-27(41)5-2/h5,9-12,17-19H,2,4,6-8,13-16H2,1,3H3. The highest BCUT2D eigenvalue weighted by Crippen LogP contribution is 2.54. The predicted molar refractivity (Wildman–Crippen MR) is 152 cm³/mol. The topological polar surface area (TPSA) is 65.7 Å². The van der Waals surface area contributed by atoms with Gasteiger partial charge in [-0.05, 0) is 54.7 Å². The van der Waals surface area contributed by atoms with Crippen molar-refractivity contribution in [1.82, 2.24) is 0 Å². The molecule has 0 aliphatic carbocycles. The van der Waals surface area contributed by atoms with Crippen LogP contribution in [0.1, 0.15) is 50.2 Å². The van der Waals surface area contributed by atoms with E-state index in [2.05, 4.69) is 18.2 Å². The Labute approximate surface area is 253 Å². The van der Waals surface area contributed by atoms with Crippen LogP contribution in [0.4, 0.5) is 35.1 Å². The molecule has 0 fully saturated rings. The summed E-state index contributed by atoms with van der Waals surface area (Å²) < 4.78 is 127. The Bertz CT molecular complexity index is 1560. The molecule has 1 heterocycles. The normalized spacial score (nSPS) is 12.8. The van der Waals surface area contributed by atoms with Crippen LogP contribution in [0.25, 0.3) is 22.1 Å². The van der Waals surface area contributed by atoms with E-state index in [0.717, 1.165) is 42.9 Å². The molecule has 0 bridgehead atoms. The molecule has 13 heteroatoms. The van der Waals surface area contributed by atoms with Crippen LogP contribution in [0.5, 0.6) is 5.75 Å². The first-order chi connectivity index (χ1) is 21.0. The number of benzene rings is 2. The van der Waals surface area contributed by atoms with Crippen molar-refractivity contribution in [1.29, 1.82) is 0 Å². The summed E-state index contributed by atoms with van der Waals surface area (Å²) in [6.45, 7) is 4.18. The summed E-state index contributed by atoms with van der Waals surface area (Å²) in [6.07, 6.45) is 0.428. The van der Waals surface area contributed by atoms with Crippen molar-refractivity contribution in [2.24, 2.45) is 0 Å². The van der Waals surface area contributed by atoms with E-state index < -0.39 is 61.3 Å². The lowest BCUT2D eigenvalue weighted by Crippen LogP contribution is -2.62. The van der Waals surface area contributed by atoms with Crippen molar-refractivity contribution in [2.75, 3.05) is 13.2 Å². The second-order valence-corrected chi connectivity index (χ2v) is 10.5. The van der Waals surface area contributed by atoms with E-state index in [1.807, 2.05) is 25.1 Å². The van der Waals surface area contributed by atoms with Crippen molar-refractivity contribution in [3.63, 3.8) is 0 Å². The van der Waals surface area contributed by atoms with Crippen LogP contribution >= 0.6 is 0 Å². The van der Waals surface area contributed by atoms with Gasteiger partial charge in [0.15, 0.2) is 0 Å². The number of carbonyl (C=O) groups excluding carboxylic acids is 1. The fourth-order valence-corrected chi connectivity index (χ4v) is 4.54. The zero-order valence-corrected chi connectivity index (χ0v) is 24.5. The molecule has 1 aromatic heterocycles. The van der Waals surface area contributed by atoms with Crippen LogP contribution in [-0.2, 0) is 16.0 Å². The maximum Gasteiger partial charge on any atom is 0.378 e. The molecule has 2 aromatic carbocycles. The fraction of sp³-hybridized carbons (Fsp3) is 0.438. The van der Waals surface area contributed by atoms with Gasteiger partial charge in [-0.3, -0.25) is 0 Å². The van der Waals surface area contributed by atoms with E-state index >= 15 is 0 Å². The Balaban J connectivity index is 1.71. The molecule has 5 nitrogen and oxygen atoms in total. The van der Waals surface area contributed by atoms with E-state index in [1.54, 1.807) is 6.07 Å². The monoisotopic (exact) mass is 648 g/mol. The van der Waals surface area contributed by atoms with Gasteiger partial charge in [0.25, 0.3) is 0 Å². The summed E-state index contributed by atoms with van der Waals surface area (Å²) in [6, 6.07) is 11.1. The zero-order valence-electron chi connectivity index (χ0n) is 24.5. The summed E-state index contributed by atoms with van der Waals surface area (Å²) in [5.41, 5.74) is 2.16. The first kappa shape index (κ1) is 35.6. The van der Waals surface area contributed by atoms with Gasteiger partial charge in [0.2, 0.25) is 0 Å². The van der Waals surface area contributed by atoms with Gasteiger partial charge >= 0.3 is 35.3 Å². The van der Waals surface area contributed by atoms with Crippen molar-refractivity contribution in [3.8, 4) is 16.9 Å². The molecular formula is C32H32F8O5. The van der Waals surface area contributed by atoms with Gasteiger partial charge in [0.1, 0.15) is 11.3 Å². The summed E-state index contributed by atoms with van der Waals surface area (Å²) in [7, 11) is 0. The molecule has 0 N–H and O–H groups in total. The highest BCUT2D eigenvalue weighted by molar-refractivity contribution is 5.83. The minimum Gasteiger partial charge on any atom is -0.493 e. The second-order valence-electron chi connectivity index (χ2n) is 10.5. The minimum absolute atomic E-state index is 0.0319. The summed E-state index contributed by atoms with van der Waals surface area (Å²) >= 11 is 0. The largest absolute Gasteiger partial charge is 0.493 e. The van der Waals surface area contributed by atoms with E-state index in [-0.39, 0.29) is 16.9 Å². The molecule has 0 radical (unpaired) electrons. The maximum atomic E-state index is 14.3. The third-order valence-corrected chi connectivity index (χ3v) is 7.18. The van der Waals surface area contributed by atoms with Crippen molar-refractivity contribution in [2.45, 2.75) is 76.1 Å². The van der Waals surface area contributed by atoms with Crippen LogP contribution in [0.15, 0.2) is 64.3 Å². The van der Waals surface area contributed by atoms with Gasteiger partial charge in [-0.15, -0.1) is 0 Å². The lowest BCUT2D eigenvalue weighted by Gasteiger charge is -2.36. The van der Waals surface area contributed by atoms with Crippen LogP contribution in [0.3, 0.4) is 0 Å². The lowest BCUT2D eigenvalue weighted by atomic mass is 9.95. The number of aryl methyl sites for hydroxylation is 2. The molecule has 246 valence electrons. The molecule has 0 atom stereocenters. The number of unbranched alkanes of at least 4 members (excludes halogenated alkanes) is 2. The quantitative estimate of drug-likeness (QED) is 0.0510. The predicted octanol–water partition coefficient (Wildman–Crippen LogP) is 8.93. The number of halogens is 8. The first-order valence-corrected chi connectivity index (χ1v) is 14.1. The Morgan fingerprint density at radius 3 is 2.11 bits per heavy atom. The summed E-state index contributed by atoms with van der Waals surface area (Å²) in [5.74, 6) is -25.8. The molecule has 45 heavy (non-hydrogen) atoms. The Kier molecular flexibility index (Phi) is 11.1. The fourth-order valence-electron chi connectivity index (χ4n) is 4.54. The van der Waals surface area contributed by atoms with Gasteiger partial charge in [-0.25, -0.2) is 9.59 Å². The molecule has 0 spiro atoms. The van der Waals surface area contributed by atoms with Crippen LogP contribution in [0.2, 0.25) is 0 Å². The zero-order chi connectivity index (χ0) is 33.6. The molecule has 3 aromatic rings. The number of hydrogen-bond acceptors (Lipinski definition) is 5. The summed E-state index contributed by atoms with van der Waals surface area (Å²) in [4.78, 5) is 23.7. The van der Waals surface area contributed by atoms with Crippen molar-refractivity contribution < 1.29 is 53.8 Å². The van der Waals surface area contributed by atoms with E-state index in [9.17, 15) is 44.7 Å². The van der Waals surface area contributed by atoms with Crippen LogP contribution in [-0.4, -0.2) is 42.9 Å². The number of rotatable bonds is 16. The third kappa shape index (κ3) is 7.85. The molecule has 0 saturated carbocycles. The lowest BCUT2D eigenvalue weighted by molar-refractivity contribution is -0.368. The van der Waals surface area contributed by atoms with E-state index in [4.69, 9.17) is 9.15 Å². The smallest absolute Gasteiger partial charge is 0.378 e. The molecule has 3 rings (SSSR count). The molecule has 0 saturated heterocycles. The number of carbonyl (C=O) groups is 1. The first-order valence-electron chi connectivity index (χ1n) is 14.1. The van der Waals surface area contributed by atoms with Gasteiger partial charge in [-0.1, -0.05) is 44.5 Å². The Morgan fingerprint density at radius 2 is 1.51 bits per heavy atom. The average Bonchev–Trinajstić information content (AvgIpc) is 2.96. The van der Waals surface area contributed by atoms with Crippen molar-refractivity contribution in [3.05, 3.63) is 76.7 Å². The van der Waals surface area contributed by atoms with Crippen LogP contribution < -0.4 is 10.4 Å². The number of hydrogen-bond donors (Lipinski definition) is 0. The van der Waals surface area contributed by atoms with E-state index in [0.29, 0.717) is 17.0 Å². The number of fused-ring (bicyclic) bond motifs is 1. The van der Waals surface area contributed by atoms with Crippen LogP contribution in [0, 0.1) is 6.92 Å². The highest BCUT2D eigenvalue weighted by Gasteiger charge is 2.79.